The zero-order valence-corrected chi connectivity index (χ0v) is 18.2. The first kappa shape index (κ1) is 22.5. The number of amides is 1. The van der Waals surface area contributed by atoms with Crippen molar-refractivity contribution in [3.05, 3.63) is 23.2 Å². The Kier molecular flexibility index (Phi) is 6.98. The third-order valence-electron chi connectivity index (χ3n) is 4.44. The van der Waals surface area contributed by atoms with Crippen LogP contribution < -0.4 is 19.7 Å². The monoisotopic (exact) mass is 462 g/mol. The van der Waals surface area contributed by atoms with Crippen molar-refractivity contribution in [1.29, 1.82) is 0 Å². The Bertz CT molecular complexity index is 899. The number of hydrogen-bond acceptors (Lipinski definition) is 8. The summed E-state index contributed by atoms with van der Waals surface area (Å²) in [5, 5.41) is 3.66. The van der Waals surface area contributed by atoms with Gasteiger partial charge in [-0.1, -0.05) is 11.8 Å². The van der Waals surface area contributed by atoms with Crippen molar-refractivity contribution < 1.29 is 27.4 Å². The van der Waals surface area contributed by atoms with Crippen LogP contribution in [0.25, 0.3) is 0 Å². The van der Waals surface area contributed by atoms with Crippen LogP contribution in [0.5, 0.6) is 11.5 Å². The number of carbonyl (C=O) groups excluding carboxylic acids is 1. The number of piperazine rings is 1. The van der Waals surface area contributed by atoms with Gasteiger partial charge in [0.2, 0.25) is 0 Å². The minimum atomic E-state index is -4.92. The summed E-state index contributed by atoms with van der Waals surface area (Å²) in [7, 11) is 4.92. The van der Waals surface area contributed by atoms with E-state index >= 15 is 0 Å². The summed E-state index contributed by atoms with van der Waals surface area (Å²) >= 11 is 2.03. The van der Waals surface area contributed by atoms with Gasteiger partial charge in [0.25, 0.3) is 5.91 Å². The van der Waals surface area contributed by atoms with E-state index in [-0.39, 0.29) is 9.77 Å². The molecule has 0 bridgehead atoms. The van der Waals surface area contributed by atoms with Crippen LogP contribution in [0.2, 0.25) is 0 Å². The van der Waals surface area contributed by atoms with Gasteiger partial charge in [-0.3, -0.25) is 4.79 Å². The second-order valence-electron chi connectivity index (χ2n) is 6.48. The number of likely N-dealkylation sites (N-methyl/N-ethyl adjacent to an activating group) is 1. The zero-order valence-electron chi connectivity index (χ0n) is 16.6. The highest BCUT2D eigenvalue weighted by molar-refractivity contribution is 8.01. The molecule has 164 valence electrons. The number of thiophene rings is 1. The maximum absolute atomic E-state index is 12.9. The first-order valence-electron chi connectivity index (χ1n) is 8.96. The van der Waals surface area contributed by atoms with E-state index in [1.54, 1.807) is 12.3 Å². The fourth-order valence-electron chi connectivity index (χ4n) is 2.89. The molecule has 7 nitrogen and oxygen atoms in total. The van der Waals surface area contributed by atoms with Crippen LogP contribution in [-0.4, -0.2) is 69.5 Å². The second kappa shape index (κ2) is 9.31. The Morgan fingerprint density at radius 3 is 2.60 bits per heavy atom. The van der Waals surface area contributed by atoms with E-state index in [9.17, 15) is 18.0 Å². The molecule has 0 atom stereocenters. The van der Waals surface area contributed by atoms with Gasteiger partial charge in [0.1, 0.15) is 4.21 Å². The van der Waals surface area contributed by atoms with Crippen molar-refractivity contribution >= 4 is 34.8 Å². The molecule has 1 saturated heterocycles. The van der Waals surface area contributed by atoms with E-state index < -0.39 is 18.0 Å². The molecule has 3 heterocycles. The van der Waals surface area contributed by atoms with Crippen molar-refractivity contribution in [2.45, 2.75) is 15.5 Å². The van der Waals surface area contributed by atoms with Crippen LogP contribution in [0.4, 0.5) is 19.0 Å². The van der Waals surface area contributed by atoms with Gasteiger partial charge in [0, 0.05) is 49.7 Å². The van der Waals surface area contributed by atoms with E-state index in [2.05, 4.69) is 31.9 Å². The van der Waals surface area contributed by atoms with E-state index in [1.807, 2.05) is 0 Å². The lowest BCUT2D eigenvalue weighted by atomic mass is 10.3. The normalized spacial score (nSPS) is 15.2. The van der Waals surface area contributed by atoms with E-state index in [1.165, 1.54) is 19.5 Å². The number of halogens is 3. The summed E-state index contributed by atoms with van der Waals surface area (Å²) in [6, 6.07) is 1.72. The molecule has 1 fully saturated rings. The first-order chi connectivity index (χ1) is 14.2. The van der Waals surface area contributed by atoms with Gasteiger partial charge >= 0.3 is 6.36 Å². The fourth-order valence-corrected chi connectivity index (χ4v) is 4.94. The van der Waals surface area contributed by atoms with Gasteiger partial charge < -0.3 is 24.6 Å². The number of nitrogens with zero attached hydrogens (tertiary/aromatic N) is 3. The van der Waals surface area contributed by atoms with Crippen molar-refractivity contribution in [1.82, 2.24) is 15.2 Å². The molecule has 0 spiro atoms. The number of rotatable bonds is 6. The number of nitrogens with one attached hydrogen (secondary N) is 1. The maximum atomic E-state index is 12.9. The van der Waals surface area contributed by atoms with Crippen molar-refractivity contribution in [2.75, 3.05) is 52.3 Å². The molecule has 1 amide bonds. The topological polar surface area (TPSA) is 66.9 Å². The van der Waals surface area contributed by atoms with Crippen LogP contribution in [0, 0.1) is 0 Å². The molecule has 12 heteroatoms. The molecular formula is C18H21F3N4O3S2. The smallest absolute Gasteiger partial charge is 0.493 e. The van der Waals surface area contributed by atoms with Crippen LogP contribution in [0.3, 0.4) is 0 Å². The molecular weight excluding hydrogens is 441 g/mol. The predicted octanol–water partition coefficient (Wildman–Crippen LogP) is 3.31. The van der Waals surface area contributed by atoms with Gasteiger partial charge in [-0.25, -0.2) is 4.98 Å². The third-order valence-corrected chi connectivity index (χ3v) is 6.57. The van der Waals surface area contributed by atoms with Gasteiger partial charge in [-0.15, -0.1) is 24.5 Å². The summed E-state index contributed by atoms with van der Waals surface area (Å²) in [5.74, 6) is 0.0577. The Morgan fingerprint density at radius 1 is 1.30 bits per heavy atom. The molecule has 0 unspecified atom stereocenters. The Balaban J connectivity index is 1.87. The van der Waals surface area contributed by atoms with Gasteiger partial charge in [0.05, 0.1) is 12.7 Å². The number of alkyl halides is 3. The minimum Gasteiger partial charge on any atom is -0.493 e. The summed E-state index contributed by atoms with van der Waals surface area (Å²) < 4.78 is 48.5. The summed E-state index contributed by atoms with van der Waals surface area (Å²) in [6.07, 6.45) is -3.34. The van der Waals surface area contributed by atoms with Crippen molar-refractivity contribution in [3.63, 3.8) is 0 Å². The molecule has 0 saturated carbocycles. The number of aromatic nitrogens is 1. The summed E-state index contributed by atoms with van der Waals surface area (Å²) in [6.45, 7) is 3.40. The lowest BCUT2D eigenvalue weighted by Gasteiger charge is -2.33. The first-order valence-corrected chi connectivity index (χ1v) is 10.7. The van der Waals surface area contributed by atoms with E-state index in [4.69, 9.17) is 4.74 Å². The lowest BCUT2D eigenvalue weighted by molar-refractivity contribution is -0.275. The zero-order chi connectivity index (χ0) is 21.9. The Labute approximate surface area is 180 Å². The maximum Gasteiger partial charge on any atom is 0.573 e. The fraction of sp³-hybridized carbons (Fsp3) is 0.444. The third kappa shape index (κ3) is 5.29. The van der Waals surface area contributed by atoms with Gasteiger partial charge in [-0.2, -0.15) is 0 Å². The molecule has 1 aliphatic rings. The average Bonchev–Trinajstić information content (AvgIpc) is 3.08. The number of anilines is 1. The van der Waals surface area contributed by atoms with Crippen LogP contribution >= 0.6 is 23.1 Å². The predicted molar refractivity (Wildman–Crippen MR) is 109 cm³/mol. The summed E-state index contributed by atoms with van der Waals surface area (Å²) in [4.78, 5) is 21.3. The molecule has 2 aromatic heterocycles. The number of carbonyl (C=O) groups is 1. The molecule has 2 aromatic rings. The number of pyridine rings is 1. The number of ether oxygens (including phenoxy) is 2. The Hall–Kier alpha value is -2.18. The van der Waals surface area contributed by atoms with Gasteiger partial charge in [-0.05, 0) is 13.1 Å². The lowest BCUT2D eigenvalue weighted by Crippen LogP contribution is -2.44. The van der Waals surface area contributed by atoms with E-state index in [0.29, 0.717) is 16.5 Å². The molecule has 3 rings (SSSR count). The number of hydrogen-bond donors (Lipinski definition) is 1. The molecule has 1 N–H and O–H groups in total. The molecule has 30 heavy (non-hydrogen) atoms. The Morgan fingerprint density at radius 2 is 2.00 bits per heavy atom. The van der Waals surface area contributed by atoms with Crippen LogP contribution in [0.15, 0.2) is 26.7 Å². The largest absolute Gasteiger partial charge is 0.573 e. The average molecular weight is 463 g/mol. The highest BCUT2D eigenvalue weighted by atomic mass is 32.2. The molecule has 0 aliphatic carbocycles. The van der Waals surface area contributed by atoms with Crippen LogP contribution in [-0.2, 0) is 0 Å². The van der Waals surface area contributed by atoms with E-state index in [0.717, 1.165) is 49.3 Å². The molecule has 0 aromatic carbocycles. The van der Waals surface area contributed by atoms with Crippen molar-refractivity contribution in [3.8, 4) is 11.5 Å². The highest BCUT2D eigenvalue weighted by Gasteiger charge is 2.35. The quantitative estimate of drug-likeness (QED) is 0.707. The van der Waals surface area contributed by atoms with Crippen LogP contribution in [0.1, 0.15) is 10.4 Å². The van der Waals surface area contributed by atoms with Gasteiger partial charge in [0.15, 0.2) is 17.3 Å². The van der Waals surface area contributed by atoms with Crippen molar-refractivity contribution in [2.24, 2.45) is 0 Å². The minimum absolute atomic E-state index is 0.170. The number of methoxy groups -OCH3 is 1. The molecule has 1 aliphatic heterocycles. The standard InChI is InChI=1S/C18H21F3N4O3S2/c1-22-16(26)12-10-29-17(14(12)28-18(19,20)21)30-11-8-13(27-3)15(23-9-11)25-6-4-24(2)5-7-25/h8-10H,4-7H2,1-3H3,(H,22,26). The summed E-state index contributed by atoms with van der Waals surface area (Å²) in [5.41, 5.74) is -0.170. The highest BCUT2D eigenvalue weighted by Crippen LogP contribution is 2.45. The SMILES string of the molecule is CNC(=O)c1csc(Sc2cnc(N3CCN(C)CC3)c(OC)c2)c1OC(F)(F)F. The second-order valence-corrected chi connectivity index (χ2v) is 8.70. The molecule has 0 radical (unpaired) electrons.